The van der Waals surface area contributed by atoms with Crippen LogP contribution in [0, 0.1) is 11.8 Å². The normalized spacial score (nSPS) is 26.2. The van der Waals surface area contributed by atoms with Gasteiger partial charge in [0, 0.05) is 36.7 Å². The first-order valence-electron chi connectivity index (χ1n) is 6.44. The molecule has 1 aromatic heterocycles. The Labute approximate surface area is 103 Å². The van der Waals surface area contributed by atoms with E-state index in [4.69, 9.17) is 0 Å². The minimum Gasteiger partial charge on any atom is -0.299 e. The first kappa shape index (κ1) is 12.3. The number of Topliss-reactive ketones (excluding diaryl/α,β-unsaturated/α-hetero) is 1. The lowest BCUT2D eigenvalue weighted by molar-refractivity contribution is -0.128. The minimum absolute atomic E-state index is 0.109. The molecule has 0 spiro atoms. The lowest BCUT2D eigenvalue weighted by atomic mass is 9.67. The van der Waals surface area contributed by atoms with Gasteiger partial charge in [0.2, 0.25) is 0 Å². The van der Waals surface area contributed by atoms with Crippen LogP contribution in [0.5, 0.6) is 0 Å². The number of aryl methyl sites for hydroxylation is 1. The number of carbonyl (C=O) groups is 1. The third-order valence-corrected chi connectivity index (χ3v) is 4.24. The van der Waals surface area contributed by atoms with Crippen molar-refractivity contribution in [2.24, 2.45) is 18.9 Å². The van der Waals surface area contributed by atoms with Crippen LogP contribution in [-0.2, 0) is 17.3 Å². The number of rotatable bonds is 2. The minimum atomic E-state index is -0.109. The van der Waals surface area contributed by atoms with E-state index in [0.717, 1.165) is 25.0 Å². The Morgan fingerprint density at radius 1 is 1.41 bits per heavy atom. The molecule has 1 heterocycles. The van der Waals surface area contributed by atoms with Crippen LogP contribution < -0.4 is 0 Å². The van der Waals surface area contributed by atoms with Crippen LogP contribution in [0.1, 0.15) is 45.7 Å². The number of hydrogen-bond donors (Lipinski definition) is 0. The number of ketones is 1. The van der Waals surface area contributed by atoms with E-state index in [9.17, 15) is 4.79 Å². The Kier molecular flexibility index (Phi) is 3.11. The summed E-state index contributed by atoms with van der Waals surface area (Å²) >= 11 is 0. The van der Waals surface area contributed by atoms with Crippen LogP contribution in [0.3, 0.4) is 0 Å². The van der Waals surface area contributed by atoms with E-state index in [1.165, 1.54) is 0 Å². The van der Waals surface area contributed by atoms with Gasteiger partial charge in [-0.3, -0.25) is 9.48 Å². The molecule has 3 nitrogen and oxygen atoms in total. The highest BCUT2D eigenvalue weighted by molar-refractivity contribution is 5.83. The Bertz CT molecular complexity index is 420. The van der Waals surface area contributed by atoms with Crippen molar-refractivity contribution >= 4 is 5.78 Å². The summed E-state index contributed by atoms with van der Waals surface area (Å²) < 4.78 is 1.89. The second-order valence-corrected chi connectivity index (χ2v) is 5.97. The molecule has 3 heteroatoms. The van der Waals surface area contributed by atoms with Gasteiger partial charge in [0.25, 0.3) is 0 Å². The Morgan fingerprint density at radius 3 is 2.65 bits per heavy atom. The van der Waals surface area contributed by atoms with Crippen LogP contribution in [0.25, 0.3) is 0 Å². The maximum atomic E-state index is 12.2. The van der Waals surface area contributed by atoms with Crippen molar-refractivity contribution in [3.8, 4) is 0 Å². The number of nitrogens with zero attached hydrogens (tertiary/aromatic N) is 2. The monoisotopic (exact) mass is 234 g/mol. The van der Waals surface area contributed by atoms with Crippen molar-refractivity contribution < 1.29 is 4.79 Å². The molecular formula is C14H22N2O. The smallest absolute Gasteiger partial charge is 0.137 e. The van der Waals surface area contributed by atoms with E-state index in [-0.39, 0.29) is 11.3 Å². The second-order valence-electron chi connectivity index (χ2n) is 5.97. The Hall–Kier alpha value is -1.12. The number of hydrogen-bond acceptors (Lipinski definition) is 2. The van der Waals surface area contributed by atoms with E-state index in [2.05, 4.69) is 25.9 Å². The Balaban J connectivity index is 2.27. The topological polar surface area (TPSA) is 34.9 Å². The van der Waals surface area contributed by atoms with Gasteiger partial charge in [-0.15, -0.1) is 0 Å². The first-order valence-corrected chi connectivity index (χ1v) is 6.44. The standard InChI is InChI=1S/C14H22N2O/c1-10-5-6-11(12(17)9-10)14(2,3)13-7-8-15-16(13)4/h7-8,10-11H,5-6,9H2,1-4H3. The summed E-state index contributed by atoms with van der Waals surface area (Å²) in [5, 5.41) is 4.22. The van der Waals surface area contributed by atoms with Gasteiger partial charge in [-0.2, -0.15) is 5.10 Å². The predicted molar refractivity (Wildman–Crippen MR) is 67.7 cm³/mol. The quantitative estimate of drug-likeness (QED) is 0.788. The van der Waals surface area contributed by atoms with Gasteiger partial charge in [-0.25, -0.2) is 0 Å². The molecule has 1 aliphatic rings. The molecule has 17 heavy (non-hydrogen) atoms. The van der Waals surface area contributed by atoms with Crippen molar-refractivity contribution in [1.82, 2.24) is 9.78 Å². The van der Waals surface area contributed by atoms with Crippen LogP contribution in [0.2, 0.25) is 0 Å². The summed E-state index contributed by atoms with van der Waals surface area (Å²) in [4.78, 5) is 12.2. The van der Waals surface area contributed by atoms with Gasteiger partial charge >= 0.3 is 0 Å². The van der Waals surface area contributed by atoms with E-state index in [1.54, 1.807) is 0 Å². The molecule has 1 aliphatic carbocycles. The molecule has 1 saturated carbocycles. The Morgan fingerprint density at radius 2 is 2.12 bits per heavy atom. The first-order chi connectivity index (χ1) is 7.93. The second kappa shape index (κ2) is 4.28. The molecule has 1 aromatic rings. The zero-order chi connectivity index (χ0) is 12.6. The van der Waals surface area contributed by atoms with Gasteiger partial charge in [0.05, 0.1) is 0 Å². The summed E-state index contributed by atoms with van der Waals surface area (Å²) in [6.45, 7) is 6.51. The average molecular weight is 234 g/mol. The van der Waals surface area contributed by atoms with Crippen molar-refractivity contribution in [2.45, 2.75) is 45.4 Å². The van der Waals surface area contributed by atoms with Gasteiger partial charge < -0.3 is 0 Å². The average Bonchev–Trinajstić information content (AvgIpc) is 2.64. The zero-order valence-corrected chi connectivity index (χ0v) is 11.2. The van der Waals surface area contributed by atoms with Crippen LogP contribution in [-0.4, -0.2) is 15.6 Å². The predicted octanol–water partition coefficient (Wildman–Crippen LogP) is 2.70. The molecule has 0 aliphatic heterocycles. The molecule has 0 amide bonds. The van der Waals surface area contributed by atoms with Gasteiger partial charge in [0.15, 0.2) is 0 Å². The highest BCUT2D eigenvalue weighted by Crippen LogP contribution is 2.39. The third-order valence-electron chi connectivity index (χ3n) is 4.24. The molecule has 0 aromatic carbocycles. The van der Waals surface area contributed by atoms with E-state index in [0.29, 0.717) is 11.7 Å². The van der Waals surface area contributed by atoms with Gasteiger partial charge in [-0.1, -0.05) is 20.8 Å². The van der Waals surface area contributed by atoms with Crippen LogP contribution in [0.4, 0.5) is 0 Å². The lowest BCUT2D eigenvalue weighted by Gasteiger charge is -2.37. The molecule has 0 saturated heterocycles. The van der Waals surface area contributed by atoms with E-state index in [1.807, 2.05) is 24.0 Å². The zero-order valence-electron chi connectivity index (χ0n) is 11.2. The molecule has 2 rings (SSSR count). The maximum absolute atomic E-state index is 12.2. The maximum Gasteiger partial charge on any atom is 0.137 e. The molecule has 0 radical (unpaired) electrons. The van der Waals surface area contributed by atoms with Crippen molar-refractivity contribution in [1.29, 1.82) is 0 Å². The summed E-state index contributed by atoms with van der Waals surface area (Å²) in [6.07, 6.45) is 4.73. The van der Waals surface area contributed by atoms with E-state index >= 15 is 0 Å². The molecular weight excluding hydrogens is 212 g/mol. The van der Waals surface area contributed by atoms with Gasteiger partial charge in [0.1, 0.15) is 5.78 Å². The largest absolute Gasteiger partial charge is 0.299 e. The molecule has 94 valence electrons. The highest BCUT2D eigenvalue weighted by atomic mass is 16.1. The fourth-order valence-electron chi connectivity index (χ4n) is 3.15. The number of carbonyl (C=O) groups excluding carboxylic acids is 1. The van der Waals surface area contributed by atoms with Crippen LogP contribution in [0.15, 0.2) is 12.3 Å². The fraction of sp³-hybridized carbons (Fsp3) is 0.714. The van der Waals surface area contributed by atoms with E-state index < -0.39 is 0 Å². The van der Waals surface area contributed by atoms with Gasteiger partial charge in [-0.05, 0) is 24.8 Å². The summed E-state index contributed by atoms with van der Waals surface area (Å²) in [5.41, 5.74) is 1.05. The summed E-state index contributed by atoms with van der Waals surface area (Å²) in [6, 6.07) is 2.03. The summed E-state index contributed by atoms with van der Waals surface area (Å²) in [5.74, 6) is 1.13. The SMILES string of the molecule is CC1CCC(C(C)(C)c2ccnn2C)C(=O)C1. The lowest BCUT2D eigenvalue weighted by Crippen LogP contribution is -2.39. The summed E-state index contributed by atoms with van der Waals surface area (Å²) in [7, 11) is 1.95. The third kappa shape index (κ3) is 2.15. The van der Waals surface area contributed by atoms with Crippen molar-refractivity contribution in [2.75, 3.05) is 0 Å². The molecule has 0 bridgehead atoms. The fourth-order valence-corrected chi connectivity index (χ4v) is 3.15. The van der Waals surface area contributed by atoms with Crippen LogP contribution >= 0.6 is 0 Å². The van der Waals surface area contributed by atoms with Crippen molar-refractivity contribution in [3.05, 3.63) is 18.0 Å². The highest BCUT2D eigenvalue weighted by Gasteiger charge is 2.40. The van der Waals surface area contributed by atoms with Crippen molar-refractivity contribution in [3.63, 3.8) is 0 Å². The molecule has 2 atom stereocenters. The molecule has 0 N–H and O–H groups in total. The molecule has 2 unspecified atom stereocenters. The number of aromatic nitrogens is 2. The molecule has 1 fully saturated rings.